The van der Waals surface area contributed by atoms with Crippen molar-refractivity contribution in [1.82, 2.24) is 4.90 Å². The maximum atomic E-state index is 10.6. The number of hydrogen-bond acceptors (Lipinski definition) is 2. The summed E-state index contributed by atoms with van der Waals surface area (Å²) in [4.78, 5) is 2.53. The fourth-order valence-electron chi connectivity index (χ4n) is 4.35. The maximum Gasteiger partial charge on any atom is 0.0738 e. The van der Waals surface area contributed by atoms with Crippen molar-refractivity contribution in [2.45, 2.75) is 43.7 Å². The van der Waals surface area contributed by atoms with Gasteiger partial charge in [-0.05, 0) is 89.7 Å². The summed E-state index contributed by atoms with van der Waals surface area (Å²) in [6.07, 6.45) is 3.97. The van der Waals surface area contributed by atoms with Crippen LogP contribution in [-0.2, 0) is 12.8 Å². The Morgan fingerprint density at radius 2 is 1.50 bits per heavy atom. The molecule has 126 valence electrons. The lowest BCUT2D eigenvalue weighted by Crippen LogP contribution is -2.50. The quantitative estimate of drug-likeness (QED) is 0.727. The Hall–Kier alpha value is -0.910. The van der Waals surface area contributed by atoms with Gasteiger partial charge in [-0.15, -0.1) is 0 Å². The number of aliphatic hydroxyl groups excluding tert-OH is 1. The van der Waals surface area contributed by atoms with Gasteiger partial charge in [-0.1, -0.05) is 36.4 Å². The fraction of sp³-hybridized carbons (Fsp3) is 0.429. The van der Waals surface area contributed by atoms with Crippen molar-refractivity contribution in [1.29, 1.82) is 0 Å². The first-order valence-electron chi connectivity index (χ1n) is 8.95. The van der Waals surface area contributed by atoms with E-state index in [0.29, 0.717) is 5.92 Å². The van der Waals surface area contributed by atoms with Crippen molar-refractivity contribution in [3.8, 4) is 0 Å². The molecule has 0 amide bonds. The molecule has 1 fully saturated rings. The molecule has 1 heterocycles. The predicted molar refractivity (Wildman–Crippen MR) is 106 cm³/mol. The maximum absolute atomic E-state index is 10.6. The molecule has 2 aromatic carbocycles. The number of aliphatic hydroxyl groups is 1. The van der Waals surface area contributed by atoms with Crippen LogP contribution in [0.25, 0.3) is 0 Å². The van der Waals surface area contributed by atoms with Gasteiger partial charge in [0.25, 0.3) is 0 Å². The first-order valence-corrected chi connectivity index (χ1v) is 10.0. The summed E-state index contributed by atoms with van der Waals surface area (Å²) in [6, 6.07) is 17.9. The minimum absolute atomic E-state index is 0.227. The van der Waals surface area contributed by atoms with Crippen molar-refractivity contribution < 1.29 is 5.11 Å². The lowest BCUT2D eigenvalue weighted by molar-refractivity contribution is 0.0294. The van der Waals surface area contributed by atoms with Crippen LogP contribution in [0.2, 0.25) is 0 Å². The Balaban J connectivity index is 1.42. The SMILES string of the molecule is O[C@@H]1Cc2ccccc2C[C@H]1N1CCC(c2ccc([125I])cc2)CC1. The Labute approximate surface area is 158 Å². The zero-order chi connectivity index (χ0) is 16.5. The van der Waals surface area contributed by atoms with Crippen molar-refractivity contribution in [2.24, 2.45) is 0 Å². The average Bonchev–Trinajstić information content (AvgIpc) is 2.62. The Morgan fingerprint density at radius 3 is 2.17 bits per heavy atom. The highest BCUT2D eigenvalue weighted by atomic mass is 125. The number of rotatable bonds is 2. The molecule has 0 spiro atoms. The van der Waals surface area contributed by atoms with Gasteiger partial charge in [0.15, 0.2) is 0 Å². The third kappa shape index (κ3) is 3.39. The van der Waals surface area contributed by atoms with Crippen LogP contribution in [0.15, 0.2) is 48.5 Å². The van der Waals surface area contributed by atoms with E-state index in [-0.39, 0.29) is 12.1 Å². The van der Waals surface area contributed by atoms with Crippen LogP contribution in [0.4, 0.5) is 0 Å². The Kier molecular flexibility index (Phi) is 4.93. The molecule has 2 aromatic rings. The van der Waals surface area contributed by atoms with Crippen molar-refractivity contribution >= 4 is 22.6 Å². The summed E-state index contributed by atoms with van der Waals surface area (Å²) in [5, 5.41) is 10.6. The molecule has 3 heteroatoms. The van der Waals surface area contributed by atoms with Gasteiger partial charge in [0.2, 0.25) is 0 Å². The minimum Gasteiger partial charge on any atom is -0.391 e. The zero-order valence-corrected chi connectivity index (χ0v) is 16.0. The molecule has 1 N–H and O–H groups in total. The summed E-state index contributed by atoms with van der Waals surface area (Å²) in [5.74, 6) is 0.672. The summed E-state index contributed by atoms with van der Waals surface area (Å²) in [6.45, 7) is 2.20. The monoisotopic (exact) mass is 431 g/mol. The molecule has 1 aliphatic carbocycles. The third-order valence-electron chi connectivity index (χ3n) is 5.76. The van der Waals surface area contributed by atoms with E-state index in [9.17, 15) is 5.11 Å². The van der Waals surface area contributed by atoms with E-state index >= 15 is 0 Å². The molecule has 0 bridgehead atoms. The van der Waals surface area contributed by atoms with E-state index in [2.05, 4.69) is 76.0 Å². The molecule has 0 saturated carbocycles. The van der Waals surface area contributed by atoms with E-state index in [0.717, 1.165) is 25.9 Å². The number of hydrogen-bond donors (Lipinski definition) is 1. The van der Waals surface area contributed by atoms with Gasteiger partial charge in [-0.25, -0.2) is 0 Å². The van der Waals surface area contributed by atoms with E-state index in [4.69, 9.17) is 0 Å². The van der Waals surface area contributed by atoms with Crippen LogP contribution in [0.1, 0.15) is 35.4 Å². The smallest absolute Gasteiger partial charge is 0.0738 e. The molecule has 0 radical (unpaired) electrons. The highest BCUT2D eigenvalue weighted by molar-refractivity contribution is 14.1. The molecule has 2 atom stereocenters. The molecule has 2 aliphatic rings. The molecular weight excluding hydrogens is 407 g/mol. The third-order valence-corrected chi connectivity index (χ3v) is 6.48. The van der Waals surface area contributed by atoms with Gasteiger partial charge in [0.1, 0.15) is 0 Å². The van der Waals surface area contributed by atoms with Gasteiger partial charge < -0.3 is 5.11 Å². The lowest BCUT2D eigenvalue weighted by atomic mass is 9.83. The van der Waals surface area contributed by atoms with Crippen LogP contribution in [-0.4, -0.2) is 35.2 Å². The second-order valence-electron chi connectivity index (χ2n) is 7.17. The Morgan fingerprint density at radius 1 is 0.875 bits per heavy atom. The van der Waals surface area contributed by atoms with Crippen LogP contribution in [0.5, 0.6) is 0 Å². The number of nitrogens with zero attached hydrogens (tertiary/aromatic N) is 1. The van der Waals surface area contributed by atoms with Gasteiger partial charge >= 0.3 is 0 Å². The minimum atomic E-state index is -0.227. The number of likely N-dealkylation sites (tertiary alicyclic amines) is 1. The van der Waals surface area contributed by atoms with Gasteiger partial charge in [0, 0.05) is 16.0 Å². The molecule has 2 nitrogen and oxygen atoms in total. The van der Waals surface area contributed by atoms with Crippen molar-refractivity contribution in [2.75, 3.05) is 13.1 Å². The number of halogens is 1. The number of benzene rings is 2. The summed E-state index contributed by atoms with van der Waals surface area (Å²) < 4.78 is 1.30. The fourth-order valence-corrected chi connectivity index (χ4v) is 4.71. The summed E-state index contributed by atoms with van der Waals surface area (Å²) in [7, 11) is 0. The number of piperidine rings is 1. The second kappa shape index (κ2) is 7.14. The van der Waals surface area contributed by atoms with Gasteiger partial charge in [-0.2, -0.15) is 0 Å². The first-order chi connectivity index (χ1) is 11.7. The van der Waals surface area contributed by atoms with E-state index in [1.165, 1.54) is 33.1 Å². The Bertz CT molecular complexity index is 691. The molecular formula is C21H24INO. The summed E-state index contributed by atoms with van der Waals surface area (Å²) in [5.41, 5.74) is 4.23. The largest absolute Gasteiger partial charge is 0.391 e. The molecule has 0 unspecified atom stereocenters. The van der Waals surface area contributed by atoms with E-state index in [1.807, 2.05) is 0 Å². The van der Waals surface area contributed by atoms with Crippen LogP contribution in [0, 0.1) is 3.57 Å². The van der Waals surface area contributed by atoms with Crippen LogP contribution >= 0.6 is 22.6 Å². The second-order valence-corrected chi connectivity index (χ2v) is 8.42. The number of fused-ring (bicyclic) bond motifs is 1. The van der Waals surface area contributed by atoms with Crippen LogP contribution in [0.3, 0.4) is 0 Å². The lowest BCUT2D eigenvalue weighted by Gasteiger charge is -2.42. The summed E-state index contributed by atoms with van der Waals surface area (Å²) >= 11 is 2.37. The van der Waals surface area contributed by atoms with Crippen molar-refractivity contribution in [3.63, 3.8) is 0 Å². The molecule has 1 saturated heterocycles. The predicted octanol–water partition coefficient (Wildman–Crippen LogP) is 4.00. The zero-order valence-electron chi connectivity index (χ0n) is 13.9. The molecule has 24 heavy (non-hydrogen) atoms. The molecule has 1 aliphatic heterocycles. The van der Waals surface area contributed by atoms with Gasteiger partial charge in [0.05, 0.1) is 6.10 Å². The van der Waals surface area contributed by atoms with Gasteiger partial charge in [-0.3, -0.25) is 4.90 Å². The van der Waals surface area contributed by atoms with E-state index in [1.54, 1.807) is 0 Å². The standard InChI is InChI=1S/C21H24INO/c22-19-7-5-15(6-8-19)16-9-11-23(12-10-16)20-13-17-3-1-2-4-18(17)14-21(20)24/h1-8,16,20-21,24H,9-14H2/t20-,21-/m1/s1/i22-2. The average molecular weight is 431 g/mol. The van der Waals surface area contributed by atoms with E-state index < -0.39 is 0 Å². The van der Waals surface area contributed by atoms with Crippen LogP contribution < -0.4 is 0 Å². The van der Waals surface area contributed by atoms with Crippen molar-refractivity contribution in [3.05, 3.63) is 68.8 Å². The molecule has 4 rings (SSSR count). The highest BCUT2D eigenvalue weighted by Gasteiger charge is 2.33. The highest BCUT2D eigenvalue weighted by Crippen LogP contribution is 2.32. The normalized spacial score (nSPS) is 25.4. The molecule has 0 aromatic heterocycles. The first kappa shape index (κ1) is 16.6. The topological polar surface area (TPSA) is 23.5 Å².